The van der Waals surface area contributed by atoms with Crippen LogP contribution in [0, 0.1) is 0 Å². The van der Waals surface area contributed by atoms with Gasteiger partial charge in [0, 0.05) is 72.2 Å². The van der Waals surface area contributed by atoms with Crippen molar-refractivity contribution in [3.63, 3.8) is 0 Å². The van der Waals surface area contributed by atoms with Gasteiger partial charge in [0.05, 0.1) is 49.8 Å². The number of hydrogen-bond acceptors (Lipinski definition) is 3. The van der Waals surface area contributed by atoms with Crippen molar-refractivity contribution < 1.29 is 15.4 Å². The van der Waals surface area contributed by atoms with E-state index in [0.717, 1.165) is 128 Å². The van der Waals surface area contributed by atoms with Crippen molar-refractivity contribution in [1.82, 2.24) is 9.13 Å². The molecule has 6 heteroatoms. The second kappa shape index (κ2) is 21.2. The van der Waals surface area contributed by atoms with E-state index < -0.39 is 48.4 Å². The summed E-state index contributed by atoms with van der Waals surface area (Å²) >= 11 is 0. The molecular formula is C90H73BN4O. The van der Waals surface area contributed by atoms with Crippen LogP contribution in [0.5, 0.6) is 0 Å². The van der Waals surface area contributed by atoms with E-state index in [0.29, 0.717) is 16.9 Å². The minimum absolute atomic E-state index is 0.00919. The number of rotatable bonds is 7. The summed E-state index contributed by atoms with van der Waals surface area (Å²) < 4.78 is 86.2. The maximum atomic E-state index is 9.79. The molecule has 0 saturated carbocycles. The van der Waals surface area contributed by atoms with E-state index in [1.54, 1.807) is 4.57 Å². The Morgan fingerprint density at radius 2 is 0.833 bits per heavy atom. The highest BCUT2D eigenvalue weighted by Crippen LogP contribution is 2.55. The zero-order valence-corrected chi connectivity index (χ0v) is 55.2. The summed E-state index contributed by atoms with van der Waals surface area (Å²) in [5, 5.41) is 3.98. The highest BCUT2D eigenvalue weighted by Gasteiger charge is 2.46. The fourth-order valence-corrected chi connectivity index (χ4v) is 15.4. The third-order valence-corrected chi connectivity index (χ3v) is 20.2. The Labute approximate surface area is 573 Å². The van der Waals surface area contributed by atoms with Crippen molar-refractivity contribution in [2.45, 2.75) is 78.6 Å². The molecule has 0 aliphatic carbocycles. The van der Waals surface area contributed by atoms with Gasteiger partial charge in [0.2, 0.25) is 0 Å². The van der Waals surface area contributed by atoms with Crippen LogP contribution in [-0.4, -0.2) is 15.8 Å². The zero-order chi connectivity index (χ0) is 72.1. The van der Waals surface area contributed by atoms with Crippen LogP contribution < -0.4 is 26.2 Å². The summed E-state index contributed by atoms with van der Waals surface area (Å²) in [7, 11) is 0. The van der Waals surface area contributed by atoms with Crippen LogP contribution in [0.4, 0.5) is 34.1 Å². The number of benzene rings is 13. The van der Waals surface area contributed by atoms with E-state index in [-0.39, 0.29) is 44.7 Å². The van der Waals surface area contributed by atoms with Gasteiger partial charge in [-0.25, -0.2) is 0 Å². The van der Waals surface area contributed by atoms with Crippen LogP contribution in [0.15, 0.2) is 283 Å². The van der Waals surface area contributed by atoms with Crippen molar-refractivity contribution in [1.29, 1.82) is 0 Å². The fraction of sp³-hybridized carbons (Fsp3) is 0.133. The first-order valence-corrected chi connectivity index (χ1v) is 33.3. The minimum atomic E-state index is -0.500. The zero-order valence-electron chi connectivity index (χ0n) is 63.2. The van der Waals surface area contributed by atoms with Gasteiger partial charge in [-0.05, 0) is 156 Å². The van der Waals surface area contributed by atoms with Crippen molar-refractivity contribution in [2.24, 2.45) is 0 Å². The Hall–Kier alpha value is -11.1. The molecule has 0 atom stereocenters. The number of fused-ring (bicyclic) bond motifs is 13. The van der Waals surface area contributed by atoms with Gasteiger partial charge in [-0.1, -0.05) is 256 Å². The second-order valence-electron chi connectivity index (χ2n) is 29.1. The van der Waals surface area contributed by atoms with Gasteiger partial charge in [-0.3, -0.25) is 0 Å². The molecular weight excluding hydrogens is 1160 g/mol. The van der Waals surface area contributed by atoms with Gasteiger partial charge in [-0.15, -0.1) is 0 Å². The highest BCUT2D eigenvalue weighted by atomic mass is 16.3. The Balaban J connectivity index is 1.05. The summed E-state index contributed by atoms with van der Waals surface area (Å²) in [6.45, 7) is 20.1. The average Bonchev–Trinajstić information content (AvgIpc) is 0.861. The van der Waals surface area contributed by atoms with E-state index in [2.05, 4.69) is 283 Å². The van der Waals surface area contributed by atoms with E-state index in [9.17, 15) is 8.22 Å². The van der Waals surface area contributed by atoms with Crippen LogP contribution in [0.2, 0.25) is 0 Å². The molecule has 2 aliphatic heterocycles. The number of anilines is 6. The number of para-hydroxylation sites is 5. The lowest BCUT2D eigenvalue weighted by atomic mass is 9.33. The molecule has 0 unspecified atom stereocenters. The fourth-order valence-electron chi connectivity index (χ4n) is 15.4. The predicted octanol–water partition coefficient (Wildman–Crippen LogP) is 22.8. The van der Waals surface area contributed by atoms with E-state index >= 15 is 0 Å². The molecule has 13 aromatic carbocycles. The smallest absolute Gasteiger partial charge is 0.252 e. The lowest BCUT2D eigenvalue weighted by Crippen LogP contribution is -2.61. The van der Waals surface area contributed by atoms with Crippen LogP contribution in [-0.2, 0) is 16.2 Å². The molecule has 5 heterocycles. The SMILES string of the molecule is [2H]c1c([2H])c([2H])c2c(c1[2H])c1c([2H])c([2H])c([2H])c([2H])c1n2-c1ccc2c(c1)N(c1c(-c3ccccc3)ccc3oc4ccccc4c13)c1cc(C(C)(C)C)cc3c1B2c1ccc(-c2cc(C(C)(C)C)cc(C(C)(C)C)c2)cc1N3c1c(-c2ccccc2)ccc2c1c1ccccc1n2-c1ccccc1. The van der Waals surface area contributed by atoms with Gasteiger partial charge in [0.1, 0.15) is 11.2 Å². The number of aromatic nitrogens is 2. The standard InChI is InChI=1S/C90H73BN4O/c1-88(2,3)60-49-59(50-61(52-60)89(4,5)6)58-41-45-71-77(51-58)94(86-65(56-27-13-10-14-28-56)43-47-76-83(86)69-35-21-25-39-75(69)92(76)63-31-17-12-18-32-63)79-53-62(90(7,8)9)54-80-85(79)91(71)72-46-42-64(93-73-37-23-19-33-67(73)68-34-20-24-38-74(68)93)55-78(72)95(80)87-66(57-29-15-11-16-30-57)44-48-82-84(87)70-36-22-26-40-81(70)96-82/h10-55H,1-9H3/i19D,20D,23D,24D,33D,34D,37D,38D. The molecule has 462 valence electrons. The molecule has 0 radical (unpaired) electrons. The van der Waals surface area contributed by atoms with Gasteiger partial charge in [0.25, 0.3) is 6.71 Å². The van der Waals surface area contributed by atoms with E-state index in [4.69, 9.17) is 7.16 Å². The van der Waals surface area contributed by atoms with Gasteiger partial charge >= 0.3 is 0 Å². The normalized spacial score (nSPS) is 14.4. The summed E-state index contributed by atoms with van der Waals surface area (Å²) in [6, 6.07) is 79.5. The second-order valence-corrected chi connectivity index (χ2v) is 29.1. The maximum Gasteiger partial charge on any atom is 0.252 e. The van der Waals surface area contributed by atoms with Crippen LogP contribution in [0.25, 0.3) is 110 Å². The number of hydrogen-bond donors (Lipinski definition) is 0. The number of furan rings is 1. The lowest BCUT2D eigenvalue weighted by molar-refractivity contribution is 0.569. The van der Waals surface area contributed by atoms with Crippen molar-refractivity contribution >= 4 is 123 Å². The summed E-state index contributed by atoms with van der Waals surface area (Å²) in [5.41, 5.74) is 22.4. The molecule has 3 aromatic heterocycles. The quantitative estimate of drug-likeness (QED) is 0.149. The average molecular weight is 1250 g/mol. The summed E-state index contributed by atoms with van der Waals surface area (Å²) in [5.74, 6) is 0. The monoisotopic (exact) mass is 1240 g/mol. The maximum absolute atomic E-state index is 9.79. The molecule has 0 amide bonds. The Morgan fingerprint density at radius 1 is 0.333 bits per heavy atom. The highest BCUT2D eigenvalue weighted by molar-refractivity contribution is 7.00. The Kier molecular flexibility index (Phi) is 10.9. The molecule has 96 heavy (non-hydrogen) atoms. The Morgan fingerprint density at radius 3 is 1.45 bits per heavy atom. The first-order chi connectivity index (χ1) is 49.9. The van der Waals surface area contributed by atoms with Crippen molar-refractivity contribution in [3.8, 4) is 44.8 Å². The van der Waals surface area contributed by atoms with Crippen LogP contribution in [0.1, 0.15) is 90.0 Å². The molecule has 0 spiro atoms. The largest absolute Gasteiger partial charge is 0.456 e. The molecule has 16 aromatic rings. The number of nitrogens with zero attached hydrogens (tertiary/aromatic N) is 4. The van der Waals surface area contributed by atoms with Crippen molar-refractivity contribution in [2.75, 3.05) is 9.80 Å². The van der Waals surface area contributed by atoms with E-state index in [1.165, 1.54) is 11.1 Å². The Bertz CT molecular complexity index is 6250. The lowest BCUT2D eigenvalue weighted by Gasteiger charge is -2.46. The summed E-state index contributed by atoms with van der Waals surface area (Å²) in [6.07, 6.45) is 0. The molecule has 2 aliphatic rings. The van der Waals surface area contributed by atoms with Crippen molar-refractivity contribution in [3.05, 3.63) is 296 Å². The third kappa shape index (κ3) is 8.84. The first kappa shape index (κ1) is 49.5. The molecule has 0 fully saturated rings. The molecule has 0 saturated heterocycles. The van der Waals surface area contributed by atoms with E-state index in [1.807, 2.05) is 24.3 Å². The third-order valence-electron chi connectivity index (χ3n) is 20.2. The molecule has 18 rings (SSSR count). The minimum Gasteiger partial charge on any atom is -0.456 e. The molecule has 5 nitrogen and oxygen atoms in total. The topological polar surface area (TPSA) is 29.5 Å². The predicted molar refractivity (Wildman–Crippen MR) is 409 cm³/mol. The first-order valence-electron chi connectivity index (χ1n) is 37.3. The van der Waals surface area contributed by atoms with Crippen LogP contribution in [0.3, 0.4) is 0 Å². The molecule has 0 N–H and O–H groups in total. The van der Waals surface area contributed by atoms with Gasteiger partial charge in [-0.2, -0.15) is 0 Å². The molecule has 0 bridgehead atoms. The van der Waals surface area contributed by atoms with Gasteiger partial charge in [0.15, 0.2) is 0 Å². The van der Waals surface area contributed by atoms with Gasteiger partial charge < -0.3 is 23.4 Å². The summed E-state index contributed by atoms with van der Waals surface area (Å²) in [4.78, 5) is 5.02. The van der Waals surface area contributed by atoms with Crippen LogP contribution >= 0.6 is 0 Å².